The van der Waals surface area contributed by atoms with E-state index in [0.29, 0.717) is 5.92 Å². The number of hydrogen-bond donors (Lipinski definition) is 1. The van der Waals surface area contributed by atoms with Crippen molar-refractivity contribution in [3.63, 3.8) is 0 Å². The van der Waals surface area contributed by atoms with Gasteiger partial charge in [-0.3, -0.25) is 4.79 Å². The third-order valence-corrected chi connectivity index (χ3v) is 3.48. The van der Waals surface area contributed by atoms with Crippen LogP contribution in [0.3, 0.4) is 0 Å². The Morgan fingerprint density at radius 1 is 1.47 bits per heavy atom. The zero-order valence-corrected chi connectivity index (χ0v) is 12.3. The Balaban J connectivity index is 2.33. The molecule has 1 aliphatic carbocycles. The average molecular weight is 265 g/mol. The van der Waals surface area contributed by atoms with Gasteiger partial charge >= 0.3 is 0 Å². The van der Waals surface area contributed by atoms with E-state index in [0.717, 1.165) is 39.0 Å². The lowest BCUT2D eigenvalue weighted by Crippen LogP contribution is -2.22. The van der Waals surface area contributed by atoms with E-state index in [2.05, 4.69) is 18.8 Å². The molecule has 0 aromatic carbocycles. The number of hydrogen-bond acceptors (Lipinski definition) is 2. The summed E-state index contributed by atoms with van der Waals surface area (Å²) in [6, 6.07) is 0. The number of amides is 1. The van der Waals surface area contributed by atoms with Crippen LogP contribution in [0.1, 0.15) is 46.0 Å². The highest BCUT2D eigenvalue weighted by Crippen LogP contribution is 2.34. The first-order valence-corrected chi connectivity index (χ1v) is 7.40. The van der Waals surface area contributed by atoms with Gasteiger partial charge in [-0.25, -0.2) is 0 Å². The lowest BCUT2D eigenvalue weighted by Gasteiger charge is -2.09. The minimum atomic E-state index is 0.0379. The molecule has 1 N–H and O–H groups in total. The topological polar surface area (TPSA) is 38.3 Å². The van der Waals surface area contributed by atoms with E-state index in [1.807, 2.05) is 6.92 Å². The Labute approximate surface area is 117 Å². The van der Waals surface area contributed by atoms with Crippen LogP contribution in [0, 0.1) is 5.92 Å². The number of nitrogens with one attached hydrogen (secondary N) is 1. The molecule has 1 unspecified atom stereocenters. The van der Waals surface area contributed by atoms with Crippen molar-refractivity contribution in [3.8, 4) is 0 Å². The second-order valence-corrected chi connectivity index (χ2v) is 5.20. The first kappa shape index (κ1) is 16.0. The summed E-state index contributed by atoms with van der Waals surface area (Å²) in [5, 5.41) is 2.94. The zero-order chi connectivity index (χ0) is 14.1. The molecule has 1 saturated carbocycles. The Bertz CT molecular complexity index is 334. The van der Waals surface area contributed by atoms with E-state index in [1.165, 1.54) is 24.0 Å². The van der Waals surface area contributed by atoms with Crippen LogP contribution in [0.25, 0.3) is 0 Å². The lowest BCUT2D eigenvalue weighted by atomic mass is 10.1. The van der Waals surface area contributed by atoms with E-state index in [-0.39, 0.29) is 5.91 Å². The van der Waals surface area contributed by atoms with Gasteiger partial charge in [-0.05, 0) is 26.2 Å². The van der Waals surface area contributed by atoms with Crippen molar-refractivity contribution in [2.75, 3.05) is 19.8 Å². The molecule has 1 rings (SSSR count). The molecule has 0 saturated heterocycles. The van der Waals surface area contributed by atoms with Crippen LogP contribution in [-0.2, 0) is 9.53 Å². The summed E-state index contributed by atoms with van der Waals surface area (Å²) < 4.78 is 5.44. The predicted octanol–water partition coefficient (Wildman–Crippen LogP) is 3.22. The van der Waals surface area contributed by atoms with Crippen LogP contribution in [0.4, 0.5) is 0 Å². The molecule has 0 radical (unpaired) electrons. The summed E-state index contributed by atoms with van der Waals surface area (Å²) in [4.78, 5) is 11.7. The number of rotatable bonds is 8. The Kier molecular flexibility index (Phi) is 7.49. The standard InChI is InChI=1S/C16H27NO2/c1-4-6-7-8-17-16(18)11-14-9-13(3)15(10-14)12-19-5-2/h11,15H,3-10,12H2,1-2H3,(H,17,18)/b14-11-. The second-order valence-electron chi connectivity index (χ2n) is 5.20. The van der Waals surface area contributed by atoms with E-state index < -0.39 is 0 Å². The van der Waals surface area contributed by atoms with Crippen molar-refractivity contribution in [1.29, 1.82) is 0 Å². The fourth-order valence-corrected chi connectivity index (χ4v) is 2.34. The molecule has 0 aromatic heterocycles. The van der Waals surface area contributed by atoms with Crippen molar-refractivity contribution in [2.45, 2.75) is 46.0 Å². The molecule has 1 atom stereocenters. The number of carbonyl (C=O) groups excluding carboxylic acids is 1. The fourth-order valence-electron chi connectivity index (χ4n) is 2.34. The maximum absolute atomic E-state index is 11.7. The monoisotopic (exact) mass is 265 g/mol. The molecular weight excluding hydrogens is 238 g/mol. The van der Waals surface area contributed by atoms with Crippen LogP contribution in [0.15, 0.2) is 23.8 Å². The van der Waals surface area contributed by atoms with E-state index in [4.69, 9.17) is 4.74 Å². The Morgan fingerprint density at radius 3 is 2.95 bits per heavy atom. The highest BCUT2D eigenvalue weighted by molar-refractivity contribution is 5.88. The number of carbonyl (C=O) groups is 1. The third kappa shape index (κ3) is 6.06. The van der Waals surface area contributed by atoms with Crippen molar-refractivity contribution in [2.24, 2.45) is 5.92 Å². The van der Waals surface area contributed by atoms with E-state index in [1.54, 1.807) is 6.08 Å². The van der Waals surface area contributed by atoms with Crippen molar-refractivity contribution >= 4 is 5.91 Å². The van der Waals surface area contributed by atoms with Crippen LogP contribution in [-0.4, -0.2) is 25.7 Å². The summed E-state index contributed by atoms with van der Waals surface area (Å²) in [7, 11) is 0. The summed E-state index contributed by atoms with van der Waals surface area (Å²) in [5.41, 5.74) is 2.38. The second kappa shape index (κ2) is 8.92. The minimum absolute atomic E-state index is 0.0379. The maximum Gasteiger partial charge on any atom is 0.243 e. The van der Waals surface area contributed by atoms with Gasteiger partial charge in [0.2, 0.25) is 5.91 Å². The molecule has 3 nitrogen and oxygen atoms in total. The molecule has 1 fully saturated rings. The molecule has 1 amide bonds. The summed E-state index contributed by atoms with van der Waals surface area (Å²) in [6.45, 7) is 10.5. The van der Waals surface area contributed by atoms with Crippen LogP contribution in [0.2, 0.25) is 0 Å². The fraction of sp³-hybridized carbons (Fsp3) is 0.688. The highest BCUT2D eigenvalue weighted by atomic mass is 16.5. The summed E-state index contributed by atoms with van der Waals surface area (Å²) in [6.07, 6.45) is 6.93. The molecule has 1 aliphatic rings. The average Bonchev–Trinajstić information content (AvgIpc) is 2.72. The number of ether oxygens (including phenoxy) is 1. The molecule has 0 aliphatic heterocycles. The molecule has 0 heterocycles. The van der Waals surface area contributed by atoms with Crippen LogP contribution < -0.4 is 5.32 Å². The molecule has 108 valence electrons. The quantitative estimate of drug-likeness (QED) is 0.416. The molecule has 0 spiro atoms. The van der Waals surface area contributed by atoms with Gasteiger partial charge in [0.15, 0.2) is 0 Å². The molecular formula is C16H27NO2. The van der Waals surface area contributed by atoms with Crippen molar-refractivity contribution in [3.05, 3.63) is 23.8 Å². The summed E-state index contributed by atoms with van der Waals surface area (Å²) in [5.74, 6) is 0.426. The van der Waals surface area contributed by atoms with Crippen molar-refractivity contribution < 1.29 is 9.53 Å². The Hall–Kier alpha value is -1.09. The van der Waals surface area contributed by atoms with Gasteiger partial charge < -0.3 is 10.1 Å². The largest absolute Gasteiger partial charge is 0.381 e. The molecule has 0 bridgehead atoms. The minimum Gasteiger partial charge on any atom is -0.381 e. The number of unbranched alkanes of at least 4 members (excludes halogenated alkanes) is 2. The number of allylic oxidation sites excluding steroid dienone is 1. The third-order valence-electron chi connectivity index (χ3n) is 3.48. The van der Waals surface area contributed by atoms with E-state index >= 15 is 0 Å². The van der Waals surface area contributed by atoms with E-state index in [9.17, 15) is 4.79 Å². The van der Waals surface area contributed by atoms with Crippen LogP contribution in [0.5, 0.6) is 0 Å². The van der Waals surface area contributed by atoms with Crippen molar-refractivity contribution in [1.82, 2.24) is 5.32 Å². The maximum atomic E-state index is 11.7. The lowest BCUT2D eigenvalue weighted by molar-refractivity contribution is -0.116. The normalized spacial score (nSPS) is 21.1. The van der Waals surface area contributed by atoms with Gasteiger partial charge in [0.25, 0.3) is 0 Å². The van der Waals surface area contributed by atoms with Gasteiger partial charge in [-0.2, -0.15) is 0 Å². The van der Waals surface area contributed by atoms with Gasteiger partial charge in [-0.15, -0.1) is 0 Å². The first-order chi connectivity index (χ1) is 9.17. The first-order valence-electron chi connectivity index (χ1n) is 7.40. The molecule has 0 aromatic rings. The van der Waals surface area contributed by atoms with Gasteiger partial charge in [-0.1, -0.05) is 37.5 Å². The highest BCUT2D eigenvalue weighted by Gasteiger charge is 2.23. The van der Waals surface area contributed by atoms with Crippen LogP contribution >= 0.6 is 0 Å². The SMILES string of the molecule is C=C1C/C(=C/C(=O)NCCCCC)CC1COCC. The smallest absolute Gasteiger partial charge is 0.243 e. The zero-order valence-electron chi connectivity index (χ0n) is 12.3. The van der Waals surface area contributed by atoms with Gasteiger partial charge in [0.05, 0.1) is 6.61 Å². The molecule has 3 heteroatoms. The predicted molar refractivity (Wildman–Crippen MR) is 79.0 cm³/mol. The van der Waals surface area contributed by atoms with Gasteiger partial charge in [0, 0.05) is 25.1 Å². The van der Waals surface area contributed by atoms with Gasteiger partial charge in [0.1, 0.15) is 0 Å². The molecule has 19 heavy (non-hydrogen) atoms. The Morgan fingerprint density at radius 2 is 2.26 bits per heavy atom. The summed E-state index contributed by atoms with van der Waals surface area (Å²) >= 11 is 0.